The molecule has 0 radical (unpaired) electrons. The van der Waals surface area contributed by atoms with Gasteiger partial charge in [-0.3, -0.25) is 4.79 Å². The molecule has 5 nitrogen and oxygen atoms in total. The number of amides is 1. The molecular formula is C16H17ClN2O3S2. The molecular weight excluding hydrogens is 368 g/mol. The summed E-state index contributed by atoms with van der Waals surface area (Å²) < 4.78 is 26.0. The van der Waals surface area contributed by atoms with Crippen molar-refractivity contribution < 1.29 is 13.2 Å². The summed E-state index contributed by atoms with van der Waals surface area (Å²) in [5, 5.41) is 3.11. The zero-order chi connectivity index (χ0) is 17.7. The number of benzene rings is 2. The van der Waals surface area contributed by atoms with E-state index in [1.165, 1.54) is 30.9 Å². The second-order valence-electron chi connectivity index (χ2n) is 5.00. The third-order valence-corrected chi connectivity index (χ3v) is 6.04. The van der Waals surface area contributed by atoms with E-state index in [1.807, 2.05) is 6.26 Å². The molecule has 2 aromatic carbocycles. The summed E-state index contributed by atoms with van der Waals surface area (Å²) in [6.45, 7) is -0.293. The summed E-state index contributed by atoms with van der Waals surface area (Å²) in [5.74, 6) is -0.441. The zero-order valence-corrected chi connectivity index (χ0v) is 15.6. The van der Waals surface area contributed by atoms with Gasteiger partial charge in [-0.15, -0.1) is 11.8 Å². The van der Waals surface area contributed by atoms with Gasteiger partial charge in [0.2, 0.25) is 15.9 Å². The second kappa shape index (κ2) is 8.02. The summed E-state index contributed by atoms with van der Waals surface area (Å²) >= 11 is 7.38. The largest absolute Gasteiger partial charge is 0.325 e. The van der Waals surface area contributed by atoms with E-state index in [1.54, 1.807) is 36.4 Å². The van der Waals surface area contributed by atoms with Crippen LogP contribution in [0.25, 0.3) is 0 Å². The molecule has 0 aliphatic heterocycles. The van der Waals surface area contributed by atoms with Crippen molar-refractivity contribution in [2.24, 2.45) is 0 Å². The van der Waals surface area contributed by atoms with Crippen molar-refractivity contribution in [2.45, 2.75) is 9.79 Å². The van der Waals surface area contributed by atoms with Crippen LogP contribution < -0.4 is 5.32 Å². The molecule has 0 fully saturated rings. The minimum Gasteiger partial charge on any atom is -0.325 e. The maximum Gasteiger partial charge on any atom is 0.243 e. The van der Waals surface area contributed by atoms with Crippen LogP contribution in [0.15, 0.2) is 58.3 Å². The van der Waals surface area contributed by atoms with Crippen LogP contribution in [0.4, 0.5) is 5.69 Å². The molecule has 0 aliphatic carbocycles. The summed E-state index contributed by atoms with van der Waals surface area (Å²) in [4.78, 5) is 13.2. The van der Waals surface area contributed by atoms with Crippen molar-refractivity contribution in [1.82, 2.24) is 4.31 Å². The molecule has 0 unspecified atom stereocenters. The van der Waals surface area contributed by atoms with Gasteiger partial charge >= 0.3 is 0 Å². The van der Waals surface area contributed by atoms with E-state index in [2.05, 4.69) is 5.32 Å². The number of carbonyl (C=O) groups is 1. The van der Waals surface area contributed by atoms with Crippen LogP contribution in [0.2, 0.25) is 5.02 Å². The van der Waals surface area contributed by atoms with E-state index in [0.29, 0.717) is 10.7 Å². The highest BCUT2D eigenvalue weighted by molar-refractivity contribution is 7.98. The van der Waals surface area contributed by atoms with Gasteiger partial charge in [0.25, 0.3) is 0 Å². The van der Waals surface area contributed by atoms with Crippen LogP contribution in [0.5, 0.6) is 0 Å². The topological polar surface area (TPSA) is 66.5 Å². The van der Waals surface area contributed by atoms with Crippen molar-refractivity contribution in [3.05, 3.63) is 53.6 Å². The van der Waals surface area contributed by atoms with E-state index in [4.69, 9.17) is 11.6 Å². The molecule has 0 spiro atoms. The van der Waals surface area contributed by atoms with Crippen molar-refractivity contribution in [2.75, 3.05) is 25.2 Å². The minimum absolute atomic E-state index is 0.151. The Hall–Kier alpha value is -1.54. The quantitative estimate of drug-likeness (QED) is 0.776. The molecule has 1 N–H and O–H groups in total. The van der Waals surface area contributed by atoms with E-state index in [-0.39, 0.29) is 11.4 Å². The Morgan fingerprint density at radius 1 is 1.21 bits per heavy atom. The molecule has 0 bridgehead atoms. The molecule has 2 aromatic rings. The molecule has 128 valence electrons. The fourth-order valence-corrected chi connectivity index (χ4v) is 3.71. The number of nitrogens with zero attached hydrogens (tertiary/aromatic N) is 1. The normalized spacial score (nSPS) is 11.5. The van der Waals surface area contributed by atoms with Gasteiger partial charge in [-0.05, 0) is 48.7 Å². The van der Waals surface area contributed by atoms with Crippen LogP contribution in [-0.4, -0.2) is 38.5 Å². The highest BCUT2D eigenvalue weighted by Gasteiger charge is 2.22. The predicted molar refractivity (Wildman–Crippen MR) is 98.1 cm³/mol. The first-order chi connectivity index (χ1) is 11.3. The van der Waals surface area contributed by atoms with E-state index in [0.717, 1.165) is 9.20 Å². The number of likely N-dealkylation sites (N-methyl/N-ethyl adjacent to an activating group) is 1. The monoisotopic (exact) mass is 384 g/mol. The molecule has 24 heavy (non-hydrogen) atoms. The van der Waals surface area contributed by atoms with E-state index < -0.39 is 15.9 Å². The van der Waals surface area contributed by atoms with Gasteiger partial charge < -0.3 is 5.32 Å². The Labute approximate surface area is 151 Å². The first kappa shape index (κ1) is 18.8. The van der Waals surface area contributed by atoms with E-state index >= 15 is 0 Å². The minimum atomic E-state index is -3.72. The molecule has 0 heterocycles. The number of thioether (sulfide) groups is 1. The molecule has 0 saturated heterocycles. The van der Waals surface area contributed by atoms with Crippen molar-refractivity contribution in [3.8, 4) is 0 Å². The molecule has 8 heteroatoms. The van der Waals surface area contributed by atoms with Gasteiger partial charge in [0, 0.05) is 22.7 Å². The third-order valence-electron chi connectivity index (χ3n) is 3.24. The Balaban J connectivity index is 2.06. The van der Waals surface area contributed by atoms with Crippen LogP contribution in [-0.2, 0) is 14.8 Å². The Kier molecular flexibility index (Phi) is 6.28. The van der Waals surface area contributed by atoms with Gasteiger partial charge in [0.1, 0.15) is 0 Å². The number of hydrogen-bond acceptors (Lipinski definition) is 4. The maximum atomic E-state index is 12.5. The van der Waals surface area contributed by atoms with Gasteiger partial charge in [0.05, 0.1) is 11.4 Å². The average molecular weight is 385 g/mol. The van der Waals surface area contributed by atoms with Gasteiger partial charge in [-0.1, -0.05) is 17.7 Å². The maximum absolute atomic E-state index is 12.5. The molecule has 0 aromatic heterocycles. The third kappa shape index (κ3) is 4.73. The standard InChI is InChI=1S/C16H17ClN2O3S2/c1-19(11-16(20)18-13-5-3-4-12(17)10-13)24(21,22)15-8-6-14(23-2)7-9-15/h3-10H,11H2,1-2H3,(H,18,20). The zero-order valence-electron chi connectivity index (χ0n) is 13.2. The lowest BCUT2D eigenvalue weighted by atomic mass is 10.3. The smallest absolute Gasteiger partial charge is 0.243 e. The van der Waals surface area contributed by atoms with Crippen LogP contribution in [0.3, 0.4) is 0 Å². The number of rotatable bonds is 6. The Bertz CT molecular complexity index is 823. The summed E-state index contributed by atoms with van der Waals surface area (Å²) in [6.07, 6.45) is 1.91. The number of halogens is 1. The van der Waals surface area contributed by atoms with Crippen LogP contribution >= 0.6 is 23.4 Å². The average Bonchev–Trinajstić information content (AvgIpc) is 2.54. The first-order valence-electron chi connectivity index (χ1n) is 6.99. The molecule has 1 amide bonds. The lowest BCUT2D eigenvalue weighted by Crippen LogP contribution is -2.34. The lowest BCUT2D eigenvalue weighted by Gasteiger charge is -2.17. The van der Waals surface area contributed by atoms with Crippen molar-refractivity contribution in [1.29, 1.82) is 0 Å². The molecule has 2 rings (SSSR count). The number of hydrogen-bond donors (Lipinski definition) is 1. The van der Waals surface area contributed by atoms with Crippen LogP contribution in [0.1, 0.15) is 0 Å². The van der Waals surface area contributed by atoms with E-state index in [9.17, 15) is 13.2 Å². The van der Waals surface area contributed by atoms with Crippen LogP contribution in [0, 0.1) is 0 Å². The van der Waals surface area contributed by atoms with Gasteiger partial charge in [-0.2, -0.15) is 4.31 Å². The van der Waals surface area contributed by atoms with Gasteiger partial charge in [-0.25, -0.2) is 8.42 Å². The number of anilines is 1. The first-order valence-corrected chi connectivity index (χ1v) is 10.0. The summed E-state index contributed by atoms with van der Waals surface area (Å²) in [7, 11) is -2.35. The Morgan fingerprint density at radius 3 is 2.46 bits per heavy atom. The highest BCUT2D eigenvalue weighted by atomic mass is 35.5. The predicted octanol–water partition coefficient (Wildman–Crippen LogP) is 3.32. The fourth-order valence-electron chi connectivity index (χ4n) is 1.98. The van der Waals surface area contributed by atoms with Gasteiger partial charge in [0.15, 0.2) is 0 Å². The molecule has 0 saturated carbocycles. The summed E-state index contributed by atoms with van der Waals surface area (Å²) in [5.41, 5.74) is 0.516. The molecule has 0 aliphatic rings. The second-order valence-corrected chi connectivity index (χ2v) is 8.36. The molecule has 0 atom stereocenters. The Morgan fingerprint density at radius 2 is 1.88 bits per heavy atom. The van der Waals surface area contributed by atoms with Crippen molar-refractivity contribution in [3.63, 3.8) is 0 Å². The lowest BCUT2D eigenvalue weighted by molar-refractivity contribution is -0.116. The number of carbonyl (C=O) groups excluding carboxylic acids is 1. The number of nitrogens with one attached hydrogen (secondary N) is 1. The fraction of sp³-hybridized carbons (Fsp3) is 0.188. The highest BCUT2D eigenvalue weighted by Crippen LogP contribution is 2.20. The SMILES string of the molecule is CSc1ccc(S(=O)(=O)N(C)CC(=O)Nc2cccc(Cl)c2)cc1. The summed E-state index contributed by atoms with van der Waals surface area (Å²) in [6, 6.07) is 13.2. The van der Waals surface area contributed by atoms with Crippen molar-refractivity contribution >= 4 is 45.0 Å². The number of sulfonamides is 1.